The Kier molecular flexibility index (Phi) is 5.94. The van der Waals surface area contributed by atoms with E-state index in [2.05, 4.69) is 19.2 Å². The molecule has 0 aliphatic rings. The number of ether oxygens (including phenoxy) is 1. The summed E-state index contributed by atoms with van der Waals surface area (Å²) in [5, 5.41) is 12.2. The SMILES string of the molecule is CC(C)COCCNCc1ccc(O)c(F)c1. The number of benzene rings is 1. The van der Waals surface area contributed by atoms with E-state index < -0.39 is 5.82 Å². The van der Waals surface area contributed by atoms with Crippen LogP contribution in [0, 0.1) is 11.7 Å². The number of hydrogen-bond donors (Lipinski definition) is 2. The van der Waals surface area contributed by atoms with Crippen LogP contribution in [0.5, 0.6) is 5.75 Å². The smallest absolute Gasteiger partial charge is 0.165 e. The molecule has 0 aliphatic carbocycles. The van der Waals surface area contributed by atoms with Gasteiger partial charge in [-0.3, -0.25) is 0 Å². The maximum absolute atomic E-state index is 13.0. The highest BCUT2D eigenvalue weighted by atomic mass is 19.1. The molecule has 0 spiro atoms. The molecule has 0 amide bonds. The summed E-state index contributed by atoms with van der Waals surface area (Å²) in [7, 11) is 0. The highest BCUT2D eigenvalue weighted by Crippen LogP contribution is 2.15. The zero-order valence-electron chi connectivity index (χ0n) is 10.4. The molecule has 17 heavy (non-hydrogen) atoms. The summed E-state index contributed by atoms with van der Waals surface area (Å²) in [6, 6.07) is 4.39. The van der Waals surface area contributed by atoms with Crippen LogP contribution < -0.4 is 5.32 Å². The van der Waals surface area contributed by atoms with Gasteiger partial charge in [-0.1, -0.05) is 19.9 Å². The molecule has 0 atom stereocenters. The summed E-state index contributed by atoms with van der Waals surface area (Å²) >= 11 is 0. The van der Waals surface area contributed by atoms with Crippen LogP contribution in [0.15, 0.2) is 18.2 Å². The number of hydrogen-bond acceptors (Lipinski definition) is 3. The van der Waals surface area contributed by atoms with Gasteiger partial charge in [0, 0.05) is 19.7 Å². The van der Waals surface area contributed by atoms with Gasteiger partial charge in [-0.05, 0) is 23.6 Å². The van der Waals surface area contributed by atoms with E-state index in [1.165, 1.54) is 12.1 Å². The van der Waals surface area contributed by atoms with Gasteiger partial charge in [-0.25, -0.2) is 4.39 Å². The maximum atomic E-state index is 13.0. The van der Waals surface area contributed by atoms with E-state index in [9.17, 15) is 4.39 Å². The van der Waals surface area contributed by atoms with E-state index in [-0.39, 0.29) is 5.75 Å². The Balaban J connectivity index is 2.16. The summed E-state index contributed by atoms with van der Waals surface area (Å²) in [6.07, 6.45) is 0. The standard InChI is InChI=1S/C13H20FNO2/c1-10(2)9-17-6-5-15-8-11-3-4-13(16)12(14)7-11/h3-4,7,10,15-16H,5-6,8-9H2,1-2H3. The van der Waals surface area contributed by atoms with Gasteiger partial charge in [0.25, 0.3) is 0 Å². The molecule has 1 rings (SSSR count). The van der Waals surface area contributed by atoms with Crippen LogP contribution in [0.3, 0.4) is 0 Å². The molecule has 3 nitrogen and oxygen atoms in total. The van der Waals surface area contributed by atoms with Crippen molar-refractivity contribution in [2.45, 2.75) is 20.4 Å². The van der Waals surface area contributed by atoms with Gasteiger partial charge in [-0.2, -0.15) is 0 Å². The molecule has 1 aromatic rings. The molecule has 0 unspecified atom stereocenters. The van der Waals surface area contributed by atoms with Crippen molar-refractivity contribution in [2.75, 3.05) is 19.8 Å². The van der Waals surface area contributed by atoms with Crippen LogP contribution in [0.2, 0.25) is 0 Å². The summed E-state index contributed by atoms with van der Waals surface area (Å²) in [5.41, 5.74) is 0.809. The first-order valence-corrected chi connectivity index (χ1v) is 5.85. The molecule has 0 heterocycles. The van der Waals surface area contributed by atoms with Gasteiger partial charge >= 0.3 is 0 Å². The molecule has 0 saturated carbocycles. The summed E-state index contributed by atoms with van der Waals surface area (Å²) in [4.78, 5) is 0. The lowest BCUT2D eigenvalue weighted by atomic mass is 10.2. The Morgan fingerprint density at radius 1 is 1.41 bits per heavy atom. The molecule has 4 heteroatoms. The lowest BCUT2D eigenvalue weighted by molar-refractivity contribution is 0.111. The van der Waals surface area contributed by atoms with E-state index >= 15 is 0 Å². The lowest BCUT2D eigenvalue weighted by Crippen LogP contribution is -2.20. The molecule has 96 valence electrons. The second-order valence-electron chi connectivity index (χ2n) is 4.43. The zero-order chi connectivity index (χ0) is 12.7. The topological polar surface area (TPSA) is 41.5 Å². The molecule has 2 N–H and O–H groups in total. The maximum Gasteiger partial charge on any atom is 0.165 e. The van der Waals surface area contributed by atoms with Gasteiger partial charge in [0.2, 0.25) is 0 Å². The second kappa shape index (κ2) is 7.25. The Morgan fingerprint density at radius 3 is 2.82 bits per heavy atom. The van der Waals surface area contributed by atoms with Crippen molar-refractivity contribution in [1.29, 1.82) is 0 Å². The Morgan fingerprint density at radius 2 is 2.18 bits per heavy atom. The highest BCUT2D eigenvalue weighted by molar-refractivity contribution is 5.27. The fourth-order valence-corrected chi connectivity index (χ4v) is 1.36. The van der Waals surface area contributed by atoms with Crippen molar-refractivity contribution in [3.63, 3.8) is 0 Å². The van der Waals surface area contributed by atoms with Crippen LogP contribution in [-0.2, 0) is 11.3 Å². The Bertz CT molecular complexity index is 342. The number of phenols is 1. The van der Waals surface area contributed by atoms with Gasteiger partial charge in [0.05, 0.1) is 6.61 Å². The molecule has 0 fully saturated rings. The minimum atomic E-state index is -0.583. The van der Waals surface area contributed by atoms with Crippen molar-refractivity contribution < 1.29 is 14.2 Å². The summed E-state index contributed by atoms with van der Waals surface area (Å²) in [6.45, 7) is 6.92. The Hall–Kier alpha value is -1.13. The van der Waals surface area contributed by atoms with Crippen LogP contribution >= 0.6 is 0 Å². The van der Waals surface area contributed by atoms with Gasteiger partial charge < -0.3 is 15.2 Å². The number of rotatable bonds is 7. The molecular formula is C13H20FNO2. The van der Waals surface area contributed by atoms with Crippen molar-refractivity contribution in [3.8, 4) is 5.75 Å². The zero-order valence-corrected chi connectivity index (χ0v) is 10.4. The Labute approximate surface area is 102 Å². The molecule has 0 aliphatic heterocycles. The van der Waals surface area contributed by atoms with Crippen LogP contribution in [0.25, 0.3) is 0 Å². The quantitative estimate of drug-likeness (QED) is 0.720. The predicted molar refractivity (Wildman–Crippen MR) is 65.4 cm³/mol. The van der Waals surface area contributed by atoms with Crippen molar-refractivity contribution in [2.24, 2.45) is 5.92 Å². The average molecular weight is 241 g/mol. The summed E-state index contributed by atoms with van der Waals surface area (Å²) < 4.78 is 18.4. The largest absolute Gasteiger partial charge is 0.505 e. The molecule has 0 radical (unpaired) electrons. The van der Waals surface area contributed by atoms with Crippen molar-refractivity contribution in [1.82, 2.24) is 5.32 Å². The predicted octanol–water partition coefficient (Wildman–Crippen LogP) is 2.29. The first-order valence-electron chi connectivity index (χ1n) is 5.85. The van der Waals surface area contributed by atoms with Crippen molar-refractivity contribution >= 4 is 0 Å². The number of nitrogens with one attached hydrogen (secondary N) is 1. The highest BCUT2D eigenvalue weighted by Gasteiger charge is 2.01. The first kappa shape index (κ1) is 13.9. The fourth-order valence-electron chi connectivity index (χ4n) is 1.36. The normalized spacial score (nSPS) is 11.1. The van der Waals surface area contributed by atoms with Crippen LogP contribution in [0.4, 0.5) is 4.39 Å². The van der Waals surface area contributed by atoms with Crippen molar-refractivity contribution in [3.05, 3.63) is 29.6 Å². The van der Waals surface area contributed by atoms with Gasteiger partial charge in [0.1, 0.15) is 0 Å². The van der Waals surface area contributed by atoms with Gasteiger partial charge in [0.15, 0.2) is 11.6 Å². The number of phenolic OH excluding ortho intramolecular Hbond substituents is 1. The molecular weight excluding hydrogens is 221 g/mol. The van der Waals surface area contributed by atoms with E-state index in [1.807, 2.05) is 0 Å². The molecule has 1 aromatic carbocycles. The second-order valence-corrected chi connectivity index (χ2v) is 4.43. The number of halogens is 1. The van der Waals surface area contributed by atoms with E-state index in [0.29, 0.717) is 19.1 Å². The monoisotopic (exact) mass is 241 g/mol. The number of aromatic hydroxyl groups is 1. The minimum absolute atomic E-state index is 0.311. The van der Waals surface area contributed by atoms with Crippen LogP contribution in [0.1, 0.15) is 19.4 Å². The molecule has 0 saturated heterocycles. The third-order valence-electron chi connectivity index (χ3n) is 2.22. The summed E-state index contributed by atoms with van der Waals surface area (Å²) in [5.74, 6) is -0.351. The van der Waals surface area contributed by atoms with Gasteiger partial charge in [-0.15, -0.1) is 0 Å². The van der Waals surface area contributed by atoms with Crippen LogP contribution in [-0.4, -0.2) is 24.9 Å². The lowest BCUT2D eigenvalue weighted by Gasteiger charge is -2.08. The average Bonchev–Trinajstić information content (AvgIpc) is 2.27. The van der Waals surface area contributed by atoms with E-state index in [4.69, 9.17) is 9.84 Å². The van der Waals surface area contributed by atoms with E-state index in [0.717, 1.165) is 18.7 Å². The minimum Gasteiger partial charge on any atom is -0.505 e. The molecule has 0 aromatic heterocycles. The van der Waals surface area contributed by atoms with E-state index in [1.54, 1.807) is 6.07 Å². The third-order valence-corrected chi connectivity index (χ3v) is 2.22. The fraction of sp³-hybridized carbons (Fsp3) is 0.538. The third kappa shape index (κ3) is 5.65. The first-order chi connectivity index (χ1) is 8.09. The molecule has 0 bridgehead atoms.